The van der Waals surface area contributed by atoms with Crippen LogP contribution in [-0.4, -0.2) is 42.2 Å². The highest BCUT2D eigenvalue weighted by molar-refractivity contribution is 5.68. The third kappa shape index (κ3) is 2.73. The number of anilines is 2. The molecule has 2 saturated heterocycles. The average molecular weight is 366 g/mol. The fourth-order valence-corrected chi connectivity index (χ4v) is 4.11. The lowest BCUT2D eigenvalue weighted by Gasteiger charge is -2.34. The van der Waals surface area contributed by atoms with Crippen LogP contribution in [0.1, 0.15) is 24.0 Å². The fourth-order valence-electron chi connectivity index (χ4n) is 4.11. The number of alkyl halides is 3. The van der Waals surface area contributed by atoms with Crippen molar-refractivity contribution in [3.8, 4) is 6.07 Å². The molecule has 4 rings (SSSR count). The first kappa shape index (κ1) is 16.9. The van der Waals surface area contributed by atoms with Crippen molar-refractivity contribution in [2.75, 3.05) is 36.0 Å². The molecule has 1 aliphatic carbocycles. The number of pyridine rings is 1. The fraction of sp³-hybridized carbons (Fsp3) is 0.588. The summed E-state index contributed by atoms with van der Waals surface area (Å²) in [6.07, 6.45) is -3.66. The number of halogens is 3. The number of aliphatic carboxylic acids is 1. The molecule has 0 radical (unpaired) electrons. The van der Waals surface area contributed by atoms with Gasteiger partial charge in [0.15, 0.2) is 0 Å². The monoisotopic (exact) mass is 366 g/mol. The van der Waals surface area contributed by atoms with Crippen molar-refractivity contribution in [2.24, 2.45) is 17.8 Å². The van der Waals surface area contributed by atoms with Crippen LogP contribution in [0.25, 0.3) is 0 Å². The molecule has 3 fully saturated rings. The molecule has 3 atom stereocenters. The number of carbonyl (C=O) groups is 1. The number of hydrogen-bond donors (Lipinski definition) is 1. The van der Waals surface area contributed by atoms with Gasteiger partial charge < -0.3 is 14.9 Å². The number of hydrogen-bond acceptors (Lipinski definition) is 5. The number of nitrogens with zero attached hydrogens (tertiary/aromatic N) is 4. The van der Waals surface area contributed by atoms with Gasteiger partial charge in [-0.2, -0.15) is 18.4 Å². The van der Waals surface area contributed by atoms with Gasteiger partial charge in [-0.1, -0.05) is 0 Å². The maximum Gasteiger partial charge on any atom is 0.417 e. The van der Waals surface area contributed by atoms with E-state index in [9.17, 15) is 23.2 Å². The molecule has 2 aliphatic heterocycles. The molecule has 1 aromatic heterocycles. The minimum Gasteiger partial charge on any atom is -0.481 e. The van der Waals surface area contributed by atoms with Gasteiger partial charge in [0.2, 0.25) is 0 Å². The zero-order chi connectivity index (χ0) is 18.6. The Morgan fingerprint density at radius 1 is 1.31 bits per heavy atom. The van der Waals surface area contributed by atoms with E-state index in [1.165, 1.54) is 0 Å². The zero-order valence-corrected chi connectivity index (χ0v) is 13.8. The minimum absolute atomic E-state index is 0.103. The Morgan fingerprint density at radius 3 is 2.42 bits per heavy atom. The van der Waals surface area contributed by atoms with Gasteiger partial charge in [0.1, 0.15) is 23.3 Å². The van der Waals surface area contributed by atoms with E-state index < -0.39 is 23.3 Å². The predicted molar refractivity (Wildman–Crippen MR) is 85.7 cm³/mol. The molecule has 1 saturated carbocycles. The average Bonchev–Trinajstić information content (AvgIpc) is 2.94. The van der Waals surface area contributed by atoms with Crippen molar-refractivity contribution < 1.29 is 23.1 Å². The van der Waals surface area contributed by atoms with Gasteiger partial charge in [-0.15, -0.1) is 0 Å². The van der Waals surface area contributed by atoms with Crippen LogP contribution in [0.2, 0.25) is 0 Å². The van der Waals surface area contributed by atoms with Crippen LogP contribution >= 0.6 is 0 Å². The molecule has 26 heavy (non-hydrogen) atoms. The molecular weight excluding hydrogens is 349 g/mol. The molecule has 0 spiro atoms. The number of carboxylic acid groups (broad SMARTS) is 1. The number of nitriles is 1. The van der Waals surface area contributed by atoms with Crippen molar-refractivity contribution in [1.82, 2.24) is 4.98 Å². The summed E-state index contributed by atoms with van der Waals surface area (Å²) in [5.74, 6) is -0.00708. The highest BCUT2D eigenvalue weighted by atomic mass is 19.4. The molecule has 9 heteroatoms. The molecule has 3 heterocycles. The Balaban J connectivity index is 1.64. The quantitative estimate of drug-likeness (QED) is 0.881. The largest absolute Gasteiger partial charge is 0.481 e. The third-order valence-corrected chi connectivity index (χ3v) is 5.67. The summed E-state index contributed by atoms with van der Waals surface area (Å²) < 4.78 is 40.4. The molecule has 0 bridgehead atoms. The number of rotatable bonds is 4. The summed E-state index contributed by atoms with van der Waals surface area (Å²) in [5.41, 5.74) is -1.37. The van der Waals surface area contributed by atoms with Crippen LogP contribution in [0.4, 0.5) is 24.8 Å². The van der Waals surface area contributed by atoms with Gasteiger partial charge in [-0.3, -0.25) is 4.79 Å². The van der Waals surface area contributed by atoms with E-state index in [-0.39, 0.29) is 35.8 Å². The first-order valence-corrected chi connectivity index (χ1v) is 8.53. The summed E-state index contributed by atoms with van der Waals surface area (Å²) in [7, 11) is 0. The maximum absolute atomic E-state index is 13.5. The Bertz CT molecular complexity index is 788. The number of fused-ring (bicyclic) bond motifs is 1. The second-order valence-electron chi connectivity index (χ2n) is 7.17. The van der Waals surface area contributed by atoms with E-state index in [0.717, 1.165) is 12.5 Å². The summed E-state index contributed by atoms with van der Waals surface area (Å²) >= 11 is 0. The van der Waals surface area contributed by atoms with E-state index >= 15 is 0 Å². The van der Waals surface area contributed by atoms with Gasteiger partial charge in [0.25, 0.3) is 0 Å². The van der Waals surface area contributed by atoms with Crippen molar-refractivity contribution in [3.05, 3.63) is 17.2 Å². The summed E-state index contributed by atoms with van der Waals surface area (Å²) in [6, 6.07) is 2.63. The molecule has 0 amide bonds. The standard InChI is InChI=1S/C17H17F3N4O2/c18-17(19,20)13-5-14(22-16(10(13)6-21)23-2-1-3-23)24-7-11-9(4-15(25)26)12(11)8-24/h5,9,11-12H,1-4,7-8H2,(H,25,26)/t9-,11-,12+. The van der Waals surface area contributed by atoms with Gasteiger partial charge >= 0.3 is 12.1 Å². The summed E-state index contributed by atoms with van der Waals surface area (Å²) in [6.45, 7) is 2.21. The first-order valence-electron chi connectivity index (χ1n) is 8.53. The molecule has 6 nitrogen and oxygen atoms in total. The lowest BCUT2D eigenvalue weighted by atomic mass is 10.1. The number of piperidine rings is 1. The number of aromatic nitrogens is 1. The lowest BCUT2D eigenvalue weighted by molar-refractivity contribution is -0.138. The molecule has 0 aromatic carbocycles. The zero-order valence-electron chi connectivity index (χ0n) is 13.8. The molecule has 1 N–H and O–H groups in total. The first-order chi connectivity index (χ1) is 12.3. The van der Waals surface area contributed by atoms with Crippen LogP contribution < -0.4 is 9.80 Å². The predicted octanol–water partition coefficient (Wildman–Crippen LogP) is 2.34. The van der Waals surface area contributed by atoms with Gasteiger partial charge in [0.05, 0.1) is 5.56 Å². The molecule has 138 valence electrons. The van der Waals surface area contributed by atoms with Gasteiger partial charge in [-0.25, -0.2) is 4.98 Å². The van der Waals surface area contributed by atoms with Crippen LogP contribution in [0.3, 0.4) is 0 Å². The Labute approximate surface area is 147 Å². The van der Waals surface area contributed by atoms with E-state index in [0.29, 0.717) is 26.2 Å². The Hall–Kier alpha value is -2.50. The van der Waals surface area contributed by atoms with Crippen molar-refractivity contribution in [2.45, 2.75) is 19.0 Å². The van der Waals surface area contributed by atoms with Gasteiger partial charge in [0, 0.05) is 32.6 Å². The Kier molecular flexibility index (Phi) is 3.75. The molecule has 3 aliphatic rings. The van der Waals surface area contributed by atoms with E-state index in [2.05, 4.69) is 4.98 Å². The van der Waals surface area contributed by atoms with Gasteiger partial charge in [-0.05, 0) is 30.2 Å². The third-order valence-electron chi connectivity index (χ3n) is 5.67. The summed E-state index contributed by atoms with van der Waals surface area (Å²) in [5, 5.41) is 18.2. The second-order valence-corrected chi connectivity index (χ2v) is 7.17. The Morgan fingerprint density at radius 2 is 1.96 bits per heavy atom. The van der Waals surface area contributed by atoms with Crippen LogP contribution in [-0.2, 0) is 11.0 Å². The smallest absolute Gasteiger partial charge is 0.417 e. The topological polar surface area (TPSA) is 80.5 Å². The SMILES string of the molecule is N#Cc1c(C(F)(F)F)cc(N2C[C@@H]3[C@@H](CC(=O)O)[C@@H]3C2)nc1N1CCC1. The maximum atomic E-state index is 13.5. The van der Waals surface area contributed by atoms with Crippen molar-refractivity contribution >= 4 is 17.6 Å². The van der Waals surface area contributed by atoms with Crippen LogP contribution in [0.15, 0.2) is 6.07 Å². The van der Waals surface area contributed by atoms with E-state index in [1.54, 1.807) is 15.9 Å². The highest BCUT2D eigenvalue weighted by Crippen LogP contribution is 2.54. The minimum atomic E-state index is -4.63. The van der Waals surface area contributed by atoms with E-state index in [1.807, 2.05) is 0 Å². The van der Waals surface area contributed by atoms with Crippen LogP contribution in [0.5, 0.6) is 0 Å². The highest BCUT2D eigenvalue weighted by Gasteiger charge is 2.56. The van der Waals surface area contributed by atoms with Crippen LogP contribution in [0, 0.1) is 29.1 Å². The lowest BCUT2D eigenvalue weighted by Crippen LogP contribution is -2.39. The second kappa shape index (κ2) is 5.76. The molecule has 0 unspecified atom stereocenters. The van der Waals surface area contributed by atoms with Crippen molar-refractivity contribution in [1.29, 1.82) is 5.26 Å². The number of carboxylic acids is 1. The molecule has 1 aromatic rings. The summed E-state index contributed by atoms with van der Waals surface area (Å²) in [4.78, 5) is 18.7. The molecular formula is C17H17F3N4O2. The van der Waals surface area contributed by atoms with Crippen molar-refractivity contribution in [3.63, 3.8) is 0 Å². The van der Waals surface area contributed by atoms with E-state index in [4.69, 9.17) is 5.11 Å². The normalized spacial score (nSPS) is 26.9.